The fourth-order valence-corrected chi connectivity index (χ4v) is 2.08. The molecule has 0 spiro atoms. The van der Waals surface area contributed by atoms with Crippen molar-refractivity contribution >= 4 is 29.3 Å². The zero-order chi connectivity index (χ0) is 9.54. The van der Waals surface area contributed by atoms with Crippen LogP contribution in [-0.4, -0.2) is 5.11 Å². The first-order chi connectivity index (χ1) is 6.86. The Bertz CT molecular complexity index is 526. The molecule has 2 aromatic carbocycles. The Morgan fingerprint density at radius 3 is 2.53 bits per heavy atom. The van der Waals surface area contributed by atoms with Gasteiger partial charge in [-0.3, -0.25) is 0 Å². The van der Waals surface area contributed by atoms with Gasteiger partial charge in [0.15, 0.2) is 0 Å². The lowest BCUT2D eigenvalue weighted by atomic mass is 9.92. The average Bonchev–Trinajstić information content (AvgIpc) is 2.24. The topological polar surface area (TPSA) is 20.2 Å². The second-order valence-electron chi connectivity index (χ2n) is 3.60. The highest BCUT2D eigenvalue weighted by Crippen LogP contribution is 2.32. The summed E-state index contributed by atoms with van der Waals surface area (Å²) in [5.74, 6) is 0. The van der Waals surface area contributed by atoms with Crippen LogP contribution < -0.4 is 0 Å². The predicted octanol–water partition coefficient (Wildman–Crippen LogP) is 3.32. The van der Waals surface area contributed by atoms with Crippen LogP contribution in [0.5, 0.6) is 0 Å². The Hall–Kier alpha value is -1.31. The van der Waals surface area contributed by atoms with E-state index in [4.69, 9.17) is 0 Å². The summed E-state index contributed by atoms with van der Waals surface area (Å²) in [4.78, 5) is 0. The van der Waals surface area contributed by atoms with Gasteiger partial charge in [-0.15, -0.1) is 12.4 Å². The molecule has 0 amide bonds. The van der Waals surface area contributed by atoms with Crippen LogP contribution in [0.3, 0.4) is 0 Å². The molecule has 0 fully saturated rings. The molecule has 0 bridgehead atoms. The number of halogens is 1. The molecule has 2 heteroatoms. The van der Waals surface area contributed by atoms with E-state index in [0.717, 1.165) is 5.56 Å². The van der Waals surface area contributed by atoms with Crippen LogP contribution in [-0.2, 0) is 0 Å². The van der Waals surface area contributed by atoms with Gasteiger partial charge in [0, 0.05) is 0 Å². The first-order valence-corrected chi connectivity index (χ1v) is 4.74. The normalized spacial score (nSPS) is 17.5. The SMILES string of the molecule is Cl.OC1C=Cc2cccc3cccc1c23. The highest BCUT2D eigenvalue weighted by atomic mass is 35.5. The molecule has 1 nitrogen and oxygen atoms in total. The summed E-state index contributed by atoms with van der Waals surface area (Å²) in [5, 5.41) is 12.2. The number of aliphatic hydroxyl groups is 1. The van der Waals surface area contributed by atoms with Gasteiger partial charge in [0.2, 0.25) is 0 Å². The van der Waals surface area contributed by atoms with Crippen LogP contribution in [0.25, 0.3) is 16.8 Å². The van der Waals surface area contributed by atoms with Crippen LogP contribution in [0.4, 0.5) is 0 Å². The first kappa shape index (κ1) is 10.2. The summed E-state index contributed by atoms with van der Waals surface area (Å²) < 4.78 is 0. The summed E-state index contributed by atoms with van der Waals surface area (Å²) in [6.45, 7) is 0. The van der Waals surface area contributed by atoms with Gasteiger partial charge in [-0.2, -0.15) is 0 Å². The number of benzene rings is 2. The largest absolute Gasteiger partial charge is 0.384 e. The molecule has 0 aromatic heterocycles. The average molecular weight is 219 g/mol. The zero-order valence-electron chi connectivity index (χ0n) is 8.05. The van der Waals surface area contributed by atoms with Gasteiger partial charge in [-0.1, -0.05) is 48.6 Å². The third-order valence-corrected chi connectivity index (χ3v) is 2.75. The van der Waals surface area contributed by atoms with Gasteiger partial charge in [0.1, 0.15) is 0 Å². The number of rotatable bonds is 0. The molecule has 3 rings (SSSR count). The Morgan fingerprint density at radius 1 is 1.00 bits per heavy atom. The van der Waals surface area contributed by atoms with Crippen LogP contribution in [0.15, 0.2) is 42.5 Å². The minimum atomic E-state index is -0.450. The van der Waals surface area contributed by atoms with Gasteiger partial charge in [-0.05, 0) is 21.9 Å². The minimum absolute atomic E-state index is 0. The molecular weight excluding hydrogens is 208 g/mol. The lowest BCUT2D eigenvalue weighted by molar-refractivity contribution is 0.230. The maximum absolute atomic E-state index is 9.79. The molecule has 0 radical (unpaired) electrons. The third-order valence-electron chi connectivity index (χ3n) is 2.75. The molecule has 1 unspecified atom stereocenters. The second kappa shape index (κ2) is 3.69. The number of aliphatic hydroxyl groups excluding tert-OH is 1. The molecule has 0 heterocycles. The van der Waals surface area contributed by atoms with Crippen LogP contribution in [0.2, 0.25) is 0 Å². The van der Waals surface area contributed by atoms with Crippen LogP contribution in [0, 0.1) is 0 Å². The fraction of sp³-hybridized carbons (Fsp3) is 0.0769. The molecule has 15 heavy (non-hydrogen) atoms. The zero-order valence-corrected chi connectivity index (χ0v) is 8.87. The van der Waals surface area contributed by atoms with Gasteiger partial charge in [-0.25, -0.2) is 0 Å². The van der Waals surface area contributed by atoms with E-state index < -0.39 is 6.10 Å². The van der Waals surface area contributed by atoms with Crippen molar-refractivity contribution in [3.63, 3.8) is 0 Å². The lowest BCUT2D eigenvalue weighted by Crippen LogP contribution is -1.99. The summed E-state index contributed by atoms with van der Waals surface area (Å²) >= 11 is 0. The van der Waals surface area contributed by atoms with Crippen molar-refractivity contribution in [3.05, 3.63) is 53.6 Å². The Labute approximate surface area is 94.5 Å². The Morgan fingerprint density at radius 2 is 1.73 bits per heavy atom. The summed E-state index contributed by atoms with van der Waals surface area (Å²) in [6, 6.07) is 12.3. The molecule has 1 aliphatic rings. The van der Waals surface area contributed by atoms with E-state index in [9.17, 15) is 5.11 Å². The third kappa shape index (κ3) is 1.44. The van der Waals surface area contributed by atoms with Gasteiger partial charge in [0.25, 0.3) is 0 Å². The van der Waals surface area contributed by atoms with Gasteiger partial charge < -0.3 is 5.11 Å². The quantitative estimate of drug-likeness (QED) is 0.719. The first-order valence-electron chi connectivity index (χ1n) is 4.74. The molecule has 0 saturated carbocycles. The molecule has 1 atom stereocenters. The Kier molecular flexibility index (Phi) is 2.51. The monoisotopic (exact) mass is 218 g/mol. The maximum Gasteiger partial charge on any atom is 0.0981 e. The molecule has 0 aliphatic heterocycles. The van der Waals surface area contributed by atoms with Crippen LogP contribution in [0.1, 0.15) is 17.2 Å². The van der Waals surface area contributed by atoms with Crippen molar-refractivity contribution in [1.82, 2.24) is 0 Å². The van der Waals surface area contributed by atoms with Crippen molar-refractivity contribution in [2.24, 2.45) is 0 Å². The molecule has 76 valence electrons. The van der Waals surface area contributed by atoms with Crippen molar-refractivity contribution in [1.29, 1.82) is 0 Å². The van der Waals surface area contributed by atoms with E-state index in [0.29, 0.717) is 0 Å². The summed E-state index contributed by atoms with van der Waals surface area (Å²) in [6.07, 6.45) is 3.37. The van der Waals surface area contributed by atoms with Crippen molar-refractivity contribution < 1.29 is 5.11 Å². The highest BCUT2D eigenvalue weighted by molar-refractivity contribution is 5.95. The molecular formula is C13H11ClO. The molecule has 2 aromatic rings. The lowest BCUT2D eigenvalue weighted by Gasteiger charge is -2.16. The van der Waals surface area contributed by atoms with Gasteiger partial charge in [0.05, 0.1) is 6.10 Å². The van der Waals surface area contributed by atoms with E-state index in [2.05, 4.69) is 18.2 Å². The molecule has 0 saturated heterocycles. The molecule has 1 N–H and O–H groups in total. The minimum Gasteiger partial charge on any atom is -0.384 e. The van der Waals surface area contributed by atoms with Gasteiger partial charge >= 0.3 is 0 Å². The van der Waals surface area contributed by atoms with E-state index in [1.54, 1.807) is 0 Å². The number of hydrogen-bond donors (Lipinski definition) is 1. The van der Waals surface area contributed by atoms with E-state index in [-0.39, 0.29) is 12.4 Å². The van der Waals surface area contributed by atoms with Crippen molar-refractivity contribution in [2.75, 3.05) is 0 Å². The van der Waals surface area contributed by atoms with E-state index in [1.807, 2.05) is 30.4 Å². The van der Waals surface area contributed by atoms with E-state index in [1.165, 1.54) is 16.3 Å². The summed E-state index contributed by atoms with van der Waals surface area (Å²) in [7, 11) is 0. The van der Waals surface area contributed by atoms with Crippen molar-refractivity contribution in [2.45, 2.75) is 6.10 Å². The van der Waals surface area contributed by atoms with Crippen LogP contribution >= 0.6 is 12.4 Å². The molecule has 1 aliphatic carbocycles. The van der Waals surface area contributed by atoms with Crippen molar-refractivity contribution in [3.8, 4) is 0 Å². The smallest absolute Gasteiger partial charge is 0.0981 e. The highest BCUT2D eigenvalue weighted by Gasteiger charge is 2.13. The van der Waals surface area contributed by atoms with E-state index >= 15 is 0 Å². The Balaban J connectivity index is 0.000000853. The number of hydrogen-bond acceptors (Lipinski definition) is 1. The standard InChI is InChI=1S/C13H10O.ClH/c14-12-8-7-10-4-1-3-9-5-2-6-11(12)13(9)10;/h1-8,12,14H;1H. The fourth-order valence-electron chi connectivity index (χ4n) is 2.08. The maximum atomic E-state index is 9.79. The predicted molar refractivity (Wildman–Crippen MR) is 65.2 cm³/mol. The summed E-state index contributed by atoms with van der Waals surface area (Å²) in [5.41, 5.74) is 2.21. The second-order valence-corrected chi connectivity index (χ2v) is 3.60.